The lowest BCUT2D eigenvalue weighted by atomic mass is 9.97. The fourth-order valence-electron chi connectivity index (χ4n) is 2.27. The Balaban J connectivity index is 3.01. The third-order valence-corrected chi connectivity index (χ3v) is 4.15. The Bertz CT molecular complexity index is 741. The van der Waals surface area contributed by atoms with Gasteiger partial charge in [0, 0.05) is 25.2 Å². The molecule has 1 aromatic rings. The molecule has 1 unspecified atom stereocenters. The number of amides is 1. The van der Waals surface area contributed by atoms with E-state index in [2.05, 4.69) is 10.3 Å². The molecule has 0 radical (unpaired) electrons. The Morgan fingerprint density at radius 2 is 1.89 bits per heavy atom. The van der Waals surface area contributed by atoms with Gasteiger partial charge in [0.25, 0.3) is 10.1 Å². The van der Waals surface area contributed by atoms with Gasteiger partial charge in [-0.15, -0.1) is 0 Å². The molecule has 154 valence electrons. The first kappa shape index (κ1) is 23.2. The number of hydrogen-bond acceptors (Lipinski definition) is 7. The van der Waals surface area contributed by atoms with Crippen molar-refractivity contribution in [1.29, 1.82) is 0 Å². The average Bonchev–Trinajstić information content (AvgIpc) is 2.49. The number of nitrogens with zero attached hydrogens (tertiary/aromatic N) is 1. The highest BCUT2D eigenvalue weighted by Gasteiger charge is 2.22. The van der Waals surface area contributed by atoms with Gasteiger partial charge in [-0.25, -0.2) is 9.78 Å². The molecule has 1 rings (SSSR count). The lowest BCUT2D eigenvalue weighted by Crippen LogP contribution is -2.32. The summed E-state index contributed by atoms with van der Waals surface area (Å²) in [6.07, 6.45) is 1.85. The van der Waals surface area contributed by atoms with E-state index in [9.17, 15) is 13.2 Å². The lowest BCUT2D eigenvalue weighted by Gasteiger charge is -2.22. The maximum Gasteiger partial charge on any atom is 0.407 e. The van der Waals surface area contributed by atoms with Gasteiger partial charge in [-0.05, 0) is 37.8 Å². The van der Waals surface area contributed by atoms with E-state index in [1.807, 2.05) is 13.8 Å². The highest BCUT2D eigenvalue weighted by Crippen LogP contribution is 2.21. The van der Waals surface area contributed by atoms with Crippen LogP contribution < -0.4 is 10.1 Å². The Hall–Kier alpha value is -1.87. The summed E-state index contributed by atoms with van der Waals surface area (Å²) < 4.78 is 38.7. The molecular formula is C18H30N2O6S. The van der Waals surface area contributed by atoms with E-state index in [0.717, 1.165) is 17.4 Å². The Labute approximate surface area is 161 Å². The summed E-state index contributed by atoms with van der Waals surface area (Å²) >= 11 is 0. The average molecular weight is 403 g/mol. The van der Waals surface area contributed by atoms with Crippen LogP contribution in [0.5, 0.6) is 5.88 Å². The number of rotatable bonds is 8. The van der Waals surface area contributed by atoms with Gasteiger partial charge in [-0.1, -0.05) is 13.8 Å². The van der Waals surface area contributed by atoms with Crippen LogP contribution in [0.1, 0.15) is 45.7 Å². The van der Waals surface area contributed by atoms with Crippen molar-refractivity contribution in [2.75, 3.05) is 13.4 Å². The predicted molar refractivity (Wildman–Crippen MR) is 102 cm³/mol. The third kappa shape index (κ3) is 9.05. The second kappa shape index (κ2) is 9.36. The highest BCUT2D eigenvalue weighted by atomic mass is 32.2. The van der Waals surface area contributed by atoms with E-state index in [-0.39, 0.29) is 12.5 Å². The largest absolute Gasteiger partial charge is 0.481 e. The third-order valence-electron chi connectivity index (χ3n) is 3.55. The summed E-state index contributed by atoms with van der Waals surface area (Å²) in [5, 5.41) is 2.68. The number of aromatic nitrogens is 1. The van der Waals surface area contributed by atoms with Gasteiger partial charge < -0.3 is 14.8 Å². The number of hydrogen-bond donors (Lipinski definition) is 1. The van der Waals surface area contributed by atoms with E-state index < -0.39 is 27.9 Å². The number of alkyl carbamates (subject to hydrolysis) is 1. The molecule has 0 bridgehead atoms. The van der Waals surface area contributed by atoms with Crippen LogP contribution in [0.2, 0.25) is 0 Å². The molecular weight excluding hydrogens is 372 g/mol. The van der Waals surface area contributed by atoms with Crippen LogP contribution in [-0.4, -0.2) is 44.6 Å². The normalized spacial score (nSPS) is 13.3. The Morgan fingerprint density at radius 3 is 2.37 bits per heavy atom. The molecule has 0 aliphatic carbocycles. The molecule has 9 heteroatoms. The van der Waals surface area contributed by atoms with E-state index in [1.54, 1.807) is 33.0 Å². The van der Waals surface area contributed by atoms with E-state index in [0.29, 0.717) is 12.3 Å². The number of ether oxygens (including phenoxy) is 2. The van der Waals surface area contributed by atoms with E-state index in [4.69, 9.17) is 13.7 Å². The van der Waals surface area contributed by atoms with Gasteiger partial charge >= 0.3 is 6.09 Å². The van der Waals surface area contributed by atoms with Gasteiger partial charge in [-0.2, -0.15) is 8.42 Å². The monoisotopic (exact) mass is 402 g/mol. The van der Waals surface area contributed by atoms with Crippen molar-refractivity contribution in [2.45, 2.75) is 59.3 Å². The Morgan fingerprint density at radius 1 is 1.26 bits per heavy atom. The fraction of sp³-hybridized carbons (Fsp3) is 0.667. The lowest BCUT2D eigenvalue weighted by molar-refractivity contribution is 0.0523. The number of pyridine rings is 1. The first-order chi connectivity index (χ1) is 12.3. The van der Waals surface area contributed by atoms with Crippen molar-refractivity contribution in [3.63, 3.8) is 0 Å². The molecule has 0 fully saturated rings. The van der Waals surface area contributed by atoms with Crippen LogP contribution in [0, 0.1) is 5.92 Å². The molecule has 27 heavy (non-hydrogen) atoms. The quantitative estimate of drug-likeness (QED) is 0.667. The summed E-state index contributed by atoms with van der Waals surface area (Å²) in [6.45, 7) is 9.29. The van der Waals surface area contributed by atoms with Gasteiger partial charge in [0.05, 0.1) is 19.5 Å². The summed E-state index contributed by atoms with van der Waals surface area (Å²) in [6, 6.07) is 1.72. The van der Waals surface area contributed by atoms with Crippen molar-refractivity contribution >= 4 is 16.2 Å². The minimum Gasteiger partial charge on any atom is -0.481 e. The molecule has 8 nitrogen and oxygen atoms in total. The molecule has 0 aliphatic heterocycles. The first-order valence-corrected chi connectivity index (χ1v) is 10.5. The predicted octanol–water partition coefficient (Wildman–Crippen LogP) is 2.66. The van der Waals surface area contributed by atoms with Gasteiger partial charge in [0.15, 0.2) is 0 Å². The molecule has 0 aliphatic rings. The zero-order valence-electron chi connectivity index (χ0n) is 17.0. The second-order valence-corrected chi connectivity index (χ2v) is 9.24. The smallest absolute Gasteiger partial charge is 0.407 e. The van der Waals surface area contributed by atoms with Crippen molar-refractivity contribution < 1.29 is 26.9 Å². The van der Waals surface area contributed by atoms with Gasteiger partial charge in [0.2, 0.25) is 5.88 Å². The highest BCUT2D eigenvalue weighted by molar-refractivity contribution is 7.86. The summed E-state index contributed by atoms with van der Waals surface area (Å²) in [5.74, 6) is 0.360. The maximum atomic E-state index is 11.9. The van der Waals surface area contributed by atoms with Crippen LogP contribution >= 0.6 is 0 Å². The molecule has 1 N–H and O–H groups in total. The van der Waals surface area contributed by atoms with Gasteiger partial charge in [0.1, 0.15) is 5.60 Å². The molecule has 1 atom stereocenters. The molecule has 0 spiro atoms. The SMILES string of the molecule is COc1cc(CC(OS(C)(=O)=O)C(C)C)c(CNC(=O)OC(C)(C)C)cn1. The van der Waals surface area contributed by atoms with Crippen LogP contribution in [0.25, 0.3) is 0 Å². The molecule has 0 aromatic carbocycles. The Kier molecular flexibility index (Phi) is 8.04. The topological polar surface area (TPSA) is 104 Å². The van der Waals surface area contributed by atoms with Crippen molar-refractivity contribution in [3.8, 4) is 5.88 Å². The minimum atomic E-state index is -3.60. The number of carbonyl (C=O) groups excluding carboxylic acids is 1. The van der Waals surface area contributed by atoms with Crippen LogP contribution in [-0.2, 0) is 32.0 Å². The first-order valence-electron chi connectivity index (χ1n) is 8.67. The standard InChI is InChI=1S/C18H30N2O6S/c1-12(2)15(26-27(7,22)23)8-13-9-16(24-6)19-10-14(13)11-20-17(21)25-18(3,4)5/h9-10,12,15H,8,11H2,1-7H3,(H,20,21). The summed E-state index contributed by atoms with van der Waals surface area (Å²) in [5.41, 5.74) is 0.904. The maximum absolute atomic E-state index is 11.9. The summed E-state index contributed by atoms with van der Waals surface area (Å²) in [4.78, 5) is 16.1. The molecule has 1 aromatic heterocycles. The van der Waals surface area contributed by atoms with E-state index in [1.165, 1.54) is 7.11 Å². The van der Waals surface area contributed by atoms with Crippen molar-refractivity contribution in [2.24, 2.45) is 5.92 Å². The molecule has 1 amide bonds. The second-order valence-electron chi connectivity index (χ2n) is 7.64. The fourth-order valence-corrected chi connectivity index (χ4v) is 3.01. The number of methoxy groups -OCH3 is 1. The molecule has 0 saturated heterocycles. The number of nitrogens with one attached hydrogen (secondary N) is 1. The van der Waals surface area contributed by atoms with Crippen LogP contribution in [0.3, 0.4) is 0 Å². The van der Waals surface area contributed by atoms with Gasteiger partial charge in [-0.3, -0.25) is 4.18 Å². The minimum absolute atomic E-state index is 0.0365. The molecule has 0 saturated carbocycles. The number of carbonyl (C=O) groups is 1. The zero-order chi connectivity index (χ0) is 20.8. The van der Waals surface area contributed by atoms with Crippen LogP contribution in [0.15, 0.2) is 12.3 Å². The van der Waals surface area contributed by atoms with E-state index >= 15 is 0 Å². The molecule has 1 heterocycles. The zero-order valence-corrected chi connectivity index (χ0v) is 17.8. The van der Waals surface area contributed by atoms with Crippen LogP contribution in [0.4, 0.5) is 4.79 Å². The van der Waals surface area contributed by atoms with Crippen molar-refractivity contribution in [1.82, 2.24) is 10.3 Å². The summed E-state index contributed by atoms with van der Waals surface area (Å²) in [7, 11) is -2.10. The van der Waals surface area contributed by atoms with Crippen molar-refractivity contribution in [3.05, 3.63) is 23.4 Å².